The summed E-state index contributed by atoms with van der Waals surface area (Å²) in [5, 5.41) is 34.1. The fourth-order valence-electron chi connectivity index (χ4n) is 10.0. The minimum atomic E-state index is -0.568. The maximum atomic E-state index is 11.8. The van der Waals surface area contributed by atoms with E-state index in [1.165, 1.54) is 5.56 Å². The van der Waals surface area contributed by atoms with E-state index in [4.69, 9.17) is 9.15 Å². The molecule has 5 aliphatic rings. The van der Waals surface area contributed by atoms with Crippen LogP contribution in [-0.4, -0.2) is 45.3 Å². The van der Waals surface area contributed by atoms with Gasteiger partial charge in [0.25, 0.3) is 0 Å². The van der Waals surface area contributed by atoms with Crippen LogP contribution in [0.3, 0.4) is 0 Å². The second kappa shape index (κ2) is 5.78. The molecule has 1 aliphatic heterocycles. The summed E-state index contributed by atoms with van der Waals surface area (Å²) in [7, 11) is 0. The molecular weight excluding hydrogens is 392 g/mol. The van der Waals surface area contributed by atoms with Crippen molar-refractivity contribution < 1.29 is 24.5 Å². The molecule has 6 rings (SSSR count). The Morgan fingerprint density at radius 3 is 2.32 bits per heavy atom. The maximum absolute atomic E-state index is 11.8. The van der Waals surface area contributed by atoms with Gasteiger partial charge in [-0.3, -0.25) is 0 Å². The van der Waals surface area contributed by atoms with E-state index < -0.39 is 23.7 Å². The molecule has 11 atom stereocenters. The SMILES string of the molecule is CC1(C)C2C[C@@H](O)[C@]3(C)C(CC[C@@]4(C)[C@H](c5ccoc5)CC5OC543)[C@@]2(C)[C@@H](O)C[C@H]1O. The van der Waals surface area contributed by atoms with Crippen molar-refractivity contribution in [2.75, 3.05) is 0 Å². The summed E-state index contributed by atoms with van der Waals surface area (Å²) in [5.74, 6) is 0.586. The van der Waals surface area contributed by atoms with Crippen LogP contribution in [0.5, 0.6) is 0 Å². The van der Waals surface area contributed by atoms with E-state index in [9.17, 15) is 15.3 Å². The molecule has 0 bridgehead atoms. The largest absolute Gasteiger partial charge is 0.472 e. The first-order valence-corrected chi connectivity index (χ1v) is 12.2. The second-order valence-electron chi connectivity index (χ2n) is 12.7. The van der Waals surface area contributed by atoms with Crippen LogP contribution in [-0.2, 0) is 4.74 Å². The van der Waals surface area contributed by atoms with Crippen molar-refractivity contribution in [1.82, 2.24) is 0 Å². The number of ether oxygens (including phenoxy) is 1. The van der Waals surface area contributed by atoms with Crippen molar-refractivity contribution in [3.8, 4) is 0 Å². The Kier molecular flexibility index (Phi) is 3.86. The average molecular weight is 431 g/mol. The van der Waals surface area contributed by atoms with Crippen LogP contribution in [0.1, 0.15) is 78.2 Å². The van der Waals surface area contributed by atoms with E-state index in [1.54, 1.807) is 6.26 Å². The Bertz CT molecular complexity index is 896. The van der Waals surface area contributed by atoms with E-state index in [1.807, 2.05) is 6.26 Å². The fraction of sp³-hybridized carbons (Fsp3) is 0.846. The van der Waals surface area contributed by atoms with Gasteiger partial charge in [0.1, 0.15) is 5.60 Å². The Morgan fingerprint density at radius 2 is 1.65 bits per heavy atom. The van der Waals surface area contributed by atoms with Gasteiger partial charge in [-0.05, 0) is 60.5 Å². The Hall–Kier alpha value is -0.880. The molecule has 1 aromatic rings. The zero-order valence-electron chi connectivity index (χ0n) is 19.5. The minimum absolute atomic E-state index is 0.0639. The molecule has 1 saturated heterocycles. The van der Waals surface area contributed by atoms with Gasteiger partial charge in [0, 0.05) is 22.7 Å². The van der Waals surface area contributed by atoms with Gasteiger partial charge >= 0.3 is 0 Å². The number of hydrogen-bond acceptors (Lipinski definition) is 5. The highest BCUT2D eigenvalue weighted by atomic mass is 16.6. The van der Waals surface area contributed by atoms with Crippen LogP contribution in [0, 0.1) is 33.5 Å². The van der Waals surface area contributed by atoms with Crippen LogP contribution in [0.15, 0.2) is 23.0 Å². The van der Waals surface area contributed by atoms with Crippen molar-refractivity contribution >= 4 is 0 Å². The topological polar surface area (TPSA) is 86.4 Å². The third-order valence-electron chi connectivity index (χ3n) is 11.8. The lowest BCUT2D eigenvalue weighted by Crippen LogP contribution is -2.73. The Morgan fingerprint density at radius 1 is 0.903 bits per heavy atom. The molecule has 4 aliphatic carbocycles. The Balaban J connectivity index is 1.48. The summed E-state index contributed by atoms with van der Waals surface area (Å²) in [6.45, 7) is 11.1. The van der Waals surface area contributed by atoms with Gasteiger partial charge in [-0.15, -0.1) is 0 Å². The summed E-state index contributed by atoms with van der Waals surface area (Å²) in [6.07, 6.45) is 6.13. The third-order valence-corrected chi connectivity index (χ3v) is 11.8. The Labute approximate surface area is 185 Å². The second-order valence-corrected chi connectivity index (χ2v) is 12.7. The predicted octanol–water partition coefficient (Wildman–Crippen LogP) is 3.87. The molecule has 5 nitrogen and oxygen atoms in total. The first-order chi connectivity index (χ1) is 14.5. The molecule has 0 amide bonds. The molecule has 0 aromatic carbocycles. The van der Waals surface area contributed by atoms with Crippen LogP contribution in [0.25, 0.3) is 0 Å². The molecular formula is C26H38O5. The predicted molar refractivity (Wildman–Crippen MR) is 115 cm³/mol. The number of fused-ring (bicyclic) bond motifs is 3. The normalized spacial score (nSPS) is 59.3. The van der Waals surface area contributed by atoms with Gasteiger partial charge < -0.3 is 24.5 Å². The van der Waals surface area contributed by atoms with E-state index >= 15 is 0 Å². The van der Waals surface area contributed by atoms with Gasteiger partial charge in [-0.2, -0.15) is 0 Å². The van der Waals surface area contributed by atoms with Gasteiger partial charge in [-0.25, -0.2) is 0 Å². The molecule has 172 valence electrons. The molecule has 4 unspecified atom stereocenters. The zero-order chi connectivity index (χ0) is 22.2. The molecule has 3 N–H and O–H groups in total. The standard InChI is InChI=1S/C26H38O5/c1-22(2)17-11-20(29)25(5)16(24(17,4)19(28)12-18(22)27)6-8-23(3)15(14-7-9-30-13-14)10-21-26(23,25)31-21/h7,9,13,15-21,27-29H,6,8,10-12H2,1-5H3/t15-,16?,17?,18+,19-,20+,21?,23-,24+,25-,26?/m0/s1. The average Bonchev–Trinajstić information content (AvgIpc) is 3.07. The van der Waals surface area contributed by atoms with Gasteiger partial charge in [0.15, 0.2) is 0 Å². The number of epoxide rings is 1. The summed E-state index contributed by atoms with van der Waals surface area (Å²) in [6, 6.07) is 2.09. The minimum Gasteiger partial charge on any atom is -0.472 e. The first-order valence-electron chi connectivity index (χ1n) is 12.2. The maximum Gasteiger partial charge on any atom is 0.109 e. The van der Waals surface area contributed by atoms with Crippen molar-refractivity contribution in [2.45, 2.75) is 103 Å². The molecule has 5 heteroatoms. The van der Waals surface area contributed by atoms with E-state index in [0.717, 1.165) is 19.3 Å². The van der Waals surface area contributed by atoms with Crippen LogP contribution in [0.4, 0.5) is 0 Å². The molecule has 31 heavy (non-hydrogen) atoms. The molecule has 0 radical (unpaired) electrons. The number of aliphatic hydroxyl groups is 3. The van der Waals surface area contributed by atoms with E-state index in [-0.39, 0.29) is 39.8 Å². The summed E-state index contributed by atoms with van der Waals surface area (Å²) >= 11 is 0. The van der Waals surface area contributed by atoms with Gasteiger partial charge in [0.2, 0.25) is 0 Å². The molecule has 2 heterocycles. The van der Waals surface area contributed by atoms with Crippen LogP contribution in [0.2, 0.25) is 0 Å². The van der Waals surface area contributed by atoms with Crippen LogP contribution < -0.4 is 0 Å². The molecule has 4 saturated carbocycles. The van der Waals surface area contributed by atoms with Crippen molar-refractivity contribution in [1.29, 1.82) is 0 Å². The zero-order valence-corrected chi connectivity index (χ0v) is 19.5. The smallest absolute Gasteiger partial charge is 0.109 e. The van der Waals surface area contributed by atoms with Gasteiger partial charge in [0.05, 0.1) is 36.9 Å². The van der Waals surface area contributed by atoms with Crippen molar-refractivity contribution in [3.05, 3.63) is 24.2 Å². The first kappa shape index (κ1) is 20.7. The molecule has 1 aromatic heterocycles. The van der Waals surface area contributed by atoms with Crippen molar-refractivity contribution in [3.63, 3.8) is 0 Å². The number of furan rings is 1. The van der Waals surface area contributed by atoms with E-state index in [0.29, 0.717) is 18.8 Å². The van der Waals surface area contributed by atoms with Crippen LogP contribution >= 0.6 is 0 Å². The lowest BCUT2D eigenvalue weighted by molar-refractivity contribution is -0.283. The lowest BCUT2D eigenvalue weighted by Gasteiger charge is -2.70. The highest BCUT2D eigenvalue weighted by Crippen LogP contribution is 2.82. The number of hydrogen-bond donors (Lipinski definition) is 3. The molecule has 1 spiro atoms. The molecule has 5 fully saturated rings. The summed E-state index contributed by atoms with van der Waals surface area (Å²) in [5.41, 5.74) is -0.293. The van der Waals surface area contributed by atoms with Crippen molar-refractivity contribution in [2.24, 2.45) is 33.5 Å². The number of aliphatic hydroxyl groups excluding tert-OH is 3. The fourth-order valence-corrected chi connectivity index (χ4v) is 10.0. The quantitative estimate of drug-likeness (QED) is 0.589. The summed E-state index contributed by atoms with van der Waals surface area (Å²) in [4.78, 5) is 0. The van der Waals surface area contributed by atoms with Gasteiger partial charge in [-0.1, -0.05) is 34.6 Å². The monoisotopic (exact) mass is 430 g/mol. The lowest BCUT2D eigenvalue weighted by atomic mass is 9.35. The van der Waals surface area contributed by atoms with E-state index in [2.05, 4.69) is 40.7 Å². The number of rotatable bonds is 1. The highest BCUT2D eigenvalue weighted by molar-refractivity contribution is 5.39. The third kappa shape index (κ3) is 2.01. The summed E-state index contributed by atoms with van der Waals surface area (Å²) < 4.78 is 12.1. The highest BCUT2D eigenvalue weighted by Gasteiger charge is 2.87.